The van der Waals surface area contributed by atoms with Crippen molar-refractivity contribution in [3.8, 4) is 0 Å². The van der Waals surface area contributed by atoms with Crippen LogP contribution in [0.3, 0.4) is 0 Å². The Kier molecular flexibility index (Phi) is 5.08. The predicted molar refractivity (Wildman–Crippen MR) is 79.0 cm³/mol. The van der Waals surface area contributed by atoms with E-state index in [1.165, 1.54) is 0 Å². The number of piperidine rings is 1. The number of amides is 1. The van der Waals surface area contributed by atoms with Crippen LogP contribution in [0.2, 0.25) is 10.0 Å². The van der Waals surface area contributed by atoms with Crippen molar-refractivity contribution in [1.29, 1.82) is 0 Å². The molecule has 1 saturated heterocycles. The number of nitrogens with one attached hydrogen (secondary N) is 1. The van der Waals surface area contributed by atoms with Gasteiger partial charge in [-0.1, -0.05) is 23.2 Å². The van der Waals surface area contributed by atoms with Crippen molar-refractivity contribution in [2.45, 2.75) is 12.8 Å². The second kappa shape index (κ2) is 6.60. The number of hydrogen-bond donors (Lipinski definition) is 1. The number of halogens is 2. The summed E-state index contributed by atoms with van der Waals surface area (Å²) < 4.78 is 0. The maximum Gasteiger partial charge on any atom is 0.255 e. The third-order valence-corrected chi connectivity index (χ3v) is 4.05. The highest BCUT2D eigenvalue weighted by Crippen LogP contribution is 2.23. The fourth-order valence-corrected chi connectivity index (χ4v) is 2.89. The molecule has 0 saturated carbocycles. The zero-order valence-electron chi connectivity index (χ0n) is 11.0. The van der Waals surface area contributed by atoms with Crippen LogP contribution in [0.15, 0.2) is 18.2 Å². The minimum atomic E-state index is -0.0415. The van der Waals surface area contributed by atoms with E-state index in [0.717, 1.165) is 32.5 Å². The van der Waals surface area contributed by atoms with Gasteiger partial charge >= 0.3 is 0 Å². The molecule has 0 bridgehead atoms. The third kappa shape index (κ3) is 3.85. The van der Waals surface area contributed by atoms with E-state index in [9.17, 15) is 4.79 Å². The summed E-state index contributed by atoms with van der Waals surface area (Å²) in [5.74, 6) is 0.529. The number of carbonyl (C=O) groups is 1. The van der Waals surface area contributed by atoms with E-state index in [2.05, 4.69) is 5.32 Å². The van der Waals surface area contributed by atoms with Crippen LogP contribution < -0.4 is 5.32 Å². The average Bonchev–Trinajstić information content (AvgIpc) is 2.39. The van der Waals surface area contributed by atoms with E-state index in [4.69, 9.17) is 23.2 Å². The lowest BCUT2D eigenvalue weighted by molar-refractivity contribution is 0.0763. The summed E-state index contributed by atoms with van der Waals surface area (Å²) in [6.45, 7) is 2.85. The minimum absolute atomic E-state index is 0.0415. The van der Waals surface area contributed by atoms with Gasteiger partial charge in [-0.15, -0.1) is 0 Å². The molecule has 19 heavy (non-hydrogen) atoms. The molecule has 1 heterocycles. The van der Waals surface area contributed by atoms with Crippen LogP contribution in [0.5, 0.6) is 0 Å². The average molecular weight is 301 g/mol. The summed E-state index contributed by atoms with van der Waals surface area (Å²) in [5.41, 5.74) is 0.516. The van der Waals surface area contributed by atoms with Gasteiger partial charge in [-0.2, -0.15) is 0 Å². The van der Waals surface area contributed by atoms with Crippen molar-refractivity contribution < 1.29 is 4.79 Å². The summed E-state index contributed by atoms with van der Waals surface area (Å²) in [5, 5.41) is 4.28. The van der Waals surface area contributed by atoms with Crippen LogP contribution in [0.25, 0.3) is 0 Å². The molecule has 1 N–H and O–H groups in total. The molecule has 104 valence electrons. The van der Waals surface area contributed by atoms with Crippen LogP contribution in [0.1, 0.15) is 23.2 Å². The Morgan fingerprint density at radius 1 is 1.37 bits per heavy atom. The zero-order valence-corrected chi connectivity index (χ0v) is 12.5. The van der Waals surface area contributed by atoms with Gasteiger partial charge in [0.15, 0.2) is 0 Å². The quantitative estimate of drug-likeness (QED) is 0.930. The van der Waals surface area contributed by atoms with Crippen molar-refractivity contribution in [1.82, 2.24) is 10.2 Å². The maximum absolute atomic E-state index is 12.3. The summed E-state index contributed by atoms with van der Waals surface area (Å²) in [6.07, 6.45) is 2.23. The van der Waals surface area contributed by atoms with Gasteiger partial charge in [-0.3, -0.25) is 4.79 Å². The fourth-order valence-electron chi connectivity index (χ4n) is 2.40. The molecule has 1 aromatic carbocycles. The molecule has 1 aromatic rings. The largest absolute Gasteiger partial charge is 0.341 e. The normalized spacial score (nSPS) is 16.4. The second-order valence-electron chi connectivity index (χ2n) is 5.00. The van der Waals surface area contributed by atoms with Crippen LogP contribution in [-0.2, 0) is 0 Å². The molecular weight excluding hydrogens is 283 g/mol. The highest BCUT2D eigenvalue weighted by molar-refractivity contribution is 6.36. The van der Waals surface area contributed by atoms with E-state index in [1.807, 2.05) is 7.05 Å². The van der Waals surface area contributed by atoms with Gasteiger partial charge in [-0.25, -0.2) is 0 Å². The zero-order chi connectivity index (χ0) is 13.8. The van der Waals surface area contributed by atoms with Gasteiger partial charge in [0, 0.05) is 18.6 Å². The van der Waals surface area contributed by atoms with E-state index in [1.54, 1.807) is 23.1 Å². The number of benzene rings is 1. The standard InChI is InChI=1S/C14H18Cl2N2O/c1-18(9-10-4-6-17-7-5-10)14(19)12-3-2-11(15)8-13(12)16/h2-3,8,10,17H,4-7,9H2,1H3. The number of carbonyl (C=O) groups excluding carboxylic acids is 1. The Balaban J connectivity index is 2.01. The first-order chi connectivity index (χ1) is 9.08. The highest BCUT2D eigenvalue weighted by Gasteiger charge is 2.20. The lowest BCUT2D eigenvalue weighted by Gasteiger charge is -2.27. The van der Waals surface area contributed by atoms with Gasteiger partial charge < -0.3 is 10.2 Å². The fraction of sp³-hybridized carbons (Fsp3) is 0.500. The smallest absolute Gasteiger partial charge is 0.255 e. The monoisotopic (exact) mass is 300 g/mol. The number of nitrogens with zero attached hydrogens (tertiary/aromatic N) is 1. The Morgan fingerprint density at radius 3 is 2.68 bits per heavy atom. The first kappa shape index (κ1) is 14.6. The Morgan fingerprint density at radius 2 is 2.05 bits per heavy atom. The van der Waals surface area contributed by atoms with E-state index in [0.29, 0.717) is 21.5 Å². The third-order valence-electron chi connectivity index (χ3n) is 3.50. The molecule has 3 nitrogen and oxygen atoms in total. The van der Waals surface area contributed by atoms with Crippen molar-refractivity contribution in [3.05, 3.63) is 33.8 Å². The van der Waals surface area contributed by atoms with Crippen LogP contribution >= 0.6 is 23.2 Å². The van der Waals surface area contributed by atoms with Crippen LogP contribution in [0.4, 0.5) is 0 Å². The SMILES string of the molecule is CN(CC1CCNCC1)C(=O)c1ccc(Cl)cc1Cl. The lowest BCUT2D eigenvalue weighted by Crippen LogP contribution is -2.37. The van der Waals surface area contributed by atoms with E-state index >= 15 is 0 Å². The van der Waals surface area contributed by atoms with E-state index in [-0.39, 0.29) is 5.91 Å². The Labute approximate surface area is 123 Å². The molecule has 1 amide bonds. The topological polar surface area (TPSA) is 32.3 Å². The summed E-state index contributed by atoms with van der Waals surface area (Å²) in [6, 6.07) is 4.99. The van der Waals surface area contributed by atoms with Gasteiger partial charge in [-0.05, 0) is 50.0 Å². The molecule has 1 fully saturated rings. The molecule has 1 aliphatic heterocycles. The lowest BCUT2D eigenvalue weighted by atomic mass is 9.97. The van der Waals surface area contributed by atoms with Crippen molar-refractivity contribution in [2.24, 2.45) is 5.92 Å². The van der Waals surface area contributed by atoms with Crippen LogP contribution in [-0.4, -0.2) is 37.5 Å². The maximum atomic E-state index is 12.3. The summed E-state index contributed by atoms with van der Waals surface area (Å²) in [7, 11) is 1.83. The Bertz CT molecular complexity index is 459. The highest BCUT2D eigenvalue weighted by atomic mass is 35.5. The summed E-state index contributed by atoms with van der Waals surface area (Å²) in [4.78, 5) is 14.1. The molecule has 1 aliphatic rings. The van der Waals surface area contributed by atoms with Crippen molar-refractivity contribution in [3.63, 3.8) is 0 Å². The van der Waals surface area contributed by atoms with Crippen molar-refractivity contribution >= 4 is 29.1 Å². The second-order valence-corrected chi connectivity index (χ2v) is 5.85. The molecule has 0 unspecified atom stereocenters. The van der Waals surface area contributed by atoms with Crippen LogP contribution in [0, 0.1) is 5.92 Å². The first-order valence-corrected chi connectivity index (χ1v) is 7.24. The molecule has 5 heteroatoms. The van der Waals surface area contributed by atoms with Gasteiger partial charge in [0.2, 0.25) is 0 Å². The van der Waals surface area contributed by atoms with Crippen molar-refractivity contribution in [2.75, 3.05) is 26.7 Å². The molecule has 0 aliphatic carbocycles. The van der Waals surface area contributed by atoms with Gasteiger partial charge in [0.1, 0.15) is 0 Å². The molecule has 0 spiro atoms. The summed E-state index contributed by atoms with van der Waals surface area (Å²) >= 11 is 11.9. The predicted octanol–water partition coefficient (Wildman–Crippen LogP) is 3.07. The van der Waals surface area contributed by atoms with Gasteiger partial charge in [0.25, 0.3) is 5.91 Å². The van der Waals surface area contributed by atoms with E-state index < -0.39 is 0 Å². The first-order valence-electron chi connectivity index (χ1n) is 6.49. The molecule has 2 rings (SSSR count). The number of rotatable bonds is 3. The Hall–Kier alpha value is -0.770. The minimum Gasteiger partial charge on any atom is -0.341 e. The molecule has 0 aromatic heterocycles. The number of hydrogen-bond acceptors (Lipinski definition) is 2. The molecule has 0 atom stereocenters. The van der Waals surface area contributed by atoms with Gasteiger partial charge in [0.05, 0.1) is 10.6 Å². The molecular formula is C14H18Cl2N2O. The molecule has 0 radical (unpaired) electrons.